The Morgan fingerprint density at radius 2 is 0.641 bits per heavy atom. The van der Waals surface area contributed by atoms with Crippen molar-refractivity contribution in [3.63, 3.8) is 0 Å². The van der Waals surface area contributed by atoms with Crippen LogP contribution in [0.25, 0.3) is 0 Å². The third-order valence-electron chi connectivity index (χ3n) is 15.2. The molecule has 2 heteroatoms. The number of nitrogens with zero attached hydrogens (tertiary/aromatic N) is 1. The van der Waals surface area contributed by atoms with Crippen LogP contribution in [0.15, 0.2) is 11.1 Å². The predicted molar refractivity (Wildman–Crippen MR) is 315 cm³/mol. The molecule has 0 atom stereocenters. The van der Waals surface area contributed by atoms with Crippen LogP contribution in [0.2, 0.25) is 25.7 Å². The zero-order chi connectivity index (χ0) is 45.7. The minimum Gasteiger partial charge on any atom is -0.296 e. The van der Waals surface area contributed by atoms with Crippen LogP contribution in [-0.4, -0.2) is 31.1 Å². The summed E-state index contributed by atoms with van der Waals surface area (Å²) in [7, 11) is 1.55. The highest BCUT2D eigenvalue weighted by molar-refractivity contribution is 6.76. The van der Waals surface area contributed by atoms with E-state index in [1.54, 1.807) is 11.1 Å². The lowest BCUT2D eigenvalue weighted by Gasteiger charge is -2.39. The number of hydrogen-bond donors (Lipinski definition) is 0. The van der Waals surface area contributed by atoms with Crippen LogP contribution in [0.5, 0.6) is 0 Å². The first-order valence-electron chi connectivity index (χ1n) is 25.7. The third-order valence-corrected chi connectivity index (χ3v) is 17.1. The second-order valence-electron chi connectivity index (χ2n) is 25.9. The normalized spacial score (nSPS) is 24.6. The van der Waals surface area contributed by atoms with Gasteiger partial charge in [0.2, 0.25) is 0 Å². The SMILES string of the molecule is C.C.C.C.C.C.CC1(C)CC1.CC1(C)CCC(C)(C)CC1.CC12CCC(C)(CC1)C2.CC1=C(C)CC1.CCCC.CCCCCC.CCCC[Si](C)(C)C.CN1C(C)(C)CCC1(C)C. The van der Waals surface area contributed by atoms with Crippen LogP contribution < -0.4 is 0 Å². The van der Waals surface area contributed by atoms with Gasteiger partial charge in [-0.15, -0.1) is 0 Å². The highest BCUT2D eigenvalue weighted by Crippen LogP contribution is 2.60. The van der Waals surface area contributed by atoms with Crippen LogP contribution in [0.3, 0.4) is 0 Å². The van der Waals surface area contributed by atoms with Gasteiger partial charge < -0.3 is 0 Å². The highest BCUT2D eigenvalue weighted by atomic mass is 28.3. The van der Waals surface area contributed by atoms with Crippen molar-refractivity contribution in [3.05, 3.63) is 11.1 Å². The van der Waals surface area contributed by atoms with E-state index >= 15 is 0 Å². The Kier molecular flexibility index (Phi) is 46.6. The molecule has 0 unspecified atom stereocenters. The van der Waals surface area contributed by atoms with Crippen molar-refractivity contribution in [1.29, 1.82) is 0 Å². The van der Waals surface area contributed by atoms with E-state index in [1.807, 2.05) is 0 Å². The Bertz CT molecular complexity index is 987. The van der Waals surface area contributed by atoms with Crippen molar-refractivity contribution >= 4 is 8.07 Å². The summed E-state index contributed by atoms with van der Waals surface area (Å²) in [5, 5.41) is 0. The van der Waals surface area contributed by atoms with Crippen molar-refractivity contribution in [3.8, 4) is 0 Å². The molecule has 4 saturated carbocycles. The molecule has 1 heterocycles. The van der Waals surface area contributed by atoms with Gasteiger partial charge in [0.15, 0.2) is 0 Å². The summed E-state index contributed by atoms with van der Waals surface area (Å²) in [5.74, 6) is 0. The van der Waals surface area contributed by atoms with Gasteiger partial charge in [-0.05, 0) is 172 Å². The van der Waals surface area contributed by atoms with E-state index in [9.17, 15) is 0 Å². The first-order valence-corrected chi connectivity index (χ1v) is 29.4. The maximum absolute atomic E-state index is 2.49. The molecule has 0 aromatic heterocycles. The molecule has 5 aliphatic carbocycles. The van der Waals surface area contributed by atoms with Gasteiger partial charge in [0.05, 0.1) is 0 Å². The zero-order valence-electron chi connectivity index (χ0n) is 45.4. The molecule has 0 aromatic carbocycles. The average molecular weight is 929 g/mol. The molecule has 1 aliphatic heterocycles. The summed E-state index contributed by atoms with van der Waals surface area (Å²) < 4.78 is 0. The summed E-state index contributed by atoms with van der Waals surface area (Å²) in [4.78, 5) is 2.49. The molecule has 0 spiro atoms. The van der Waals surface area contributed by atoms with Crippen molar-refractivity contribution in [2.75, 3.05) is 7.05 Å². The van der Waals surface area contributed by atoms with Crippen molar-refractivity contribution < 1.29 is 0 Å². The molecule has 5 fully saturated rings. The number of hydrogen-bond acceptors (Lipinski definition) is 1. The number of rotatable bonds is 7. The van der Waals surface area contributed by atoms with Crippen LogP contribution in [0.1, 0.15) is 324 Å². The lowest BCUT2D eigenvalue weighted by molar-refractivity contribution is 0.115. The minimum atomic E-state index is -0.678. The van der Waals surface area contributed by atoms with E-state index in [1.165, 1.54) is 154 Å². The van der Waals surface area contributed by atoms with Gasteiger partial charge in [-0.1, -0.05) is 223 Å². The van der Waals surface area contributed by atoms with Gasteiger partial charge in [-0.2, -0.15) is 0 Å². The van der Waals surface area contributed by atoms with E-state index in [0.717, 1.165) is 16.2 Å². The monoisotopic (exact) mass is 928 g/mol. The second-order valence-corrected chi connectivity index (χ2v) is 31.5. The van der Waals surface area contributed by atoms with E-state index in [2.05, 4.69) is 163 Å². The fourth-order valence-corrected chi connectivity index (χ4v) is 9.71. The van der Waals surface area contributed by atoms with Crippen molar-refractivity contribution in [2.45, 2.75) is 361 Å². The molecule has 2 bridgehead atoms. The molecule has 1 nitrogen and oxygen atoms in total. The number of fused-ring (bicyclic) bond motifs is 2. The first kappa shape index (κ1) is 80.9. The lowest BCUT2D eigenvalue weighted by atomic mass is 9.67. The molecule has 0 N–H and O–H groups in total. The topological polar surface area (TPSA) is 3.24 Å². The molecule has 398 valence electrons. The summed E-state index contributed by atoms with van der Waals surface area (Å²) in [5.41, 5.74) is 7.62. The van der Waals surface area contributed by atoms with Gasteiger partial charge in [-0.3, -0.25) is 4.90 Å². The fourth-order valence-electron chi connectivity index (χ4n) is 8.29. The Hall–Kier alpha value is -0.0831. The quantitative estimate of drug-likeness (QED) is 0.140. The smallest absolute Gasteiger partial charge is 0.0442 e. The molecule has 6 rings (SSSR count). The van der Waals surface area contributed by atoms with Gasteiger partial charge in [0.1, 0.15) is 0 Å². The Morgan fingerprint density at radius 3 is 0.734 bits per heavy atom. The number of unbranched alkanes of at least 4 members (excludes halogenated alkanes) is 5. The number of allylic oxidation sites excluding steroid dienone is 2. The summed E-state index contributed by atoms with van der Waals surface area (Å²) in [6.07, 6.45) is 32.4. The summed E-state index contributed by atoms with van der Waals surface area (Å²) in [6, 6.07) is 1.50. The Morgan fingerprint density at radius 1 is 0.391 bits per heavy atom. The molecule has 0 radical (unpaired) electrons. The van der Waals surface area contributed by atoms with Gasteiger partial charge >= 0.3 is 0 Å². The summed E-state index contributed by atoms with van der Waals surface area (Å²) in [6.45, 7) is 51.2. The van der Waals surface area contributed by atoms with Crippen molar-refractivity contribution in [1.82, 2.24) is 4.90 Å². The van der Waals surface area contributed by atoms with Gasteiger partial charge in [-0.25, -0.2) is 0 Å². The van der Waals surface area contributed by atoms with Gasteiger partial charge in [0.25, 0.3) is 0 Å². The largest absolute Gasteiger partial charge is 0.296 e. The summed E-state index contributed by atoms with van der Waals surface area (Å²) >= 11 is 0. The van der Waals surface area contributed by atoms with Crippen LogP contribution in [0, 0.1) is 27.1 Å². The average Bonchev–Trinajstić information content (AvgIpc) is 3.54. The molecule has 64 heavy (non-hydrogen) atoms. The first-order chi connectivity index (χ1) is 26.3. The molecule has 0 amide bonds. The highest BCUT2D eigenvalue weighted by Gasteiger charge is 2.48. The second kappa shape index (κ2) is 36.8. The lowest BCUT2D eigenvalue weighted by Crippen LogP contribution is -2.44. The van der Waals surface area contributed by atoms with E-state index < -0.39 is 8.07 Å². The van der Waals surface area contributed by atoms with Crippen LogP contribution >= 0.6 is 0 Å². The zero-order valence-corrected chi connectivity index (χ0v) is 46.4. The number of likely N-dealkylation sites (tertiary alicyclic amines) is 1. The predicted octanol–water partition coefficient (Wildman–Crippen LogP) is 24.1. The van der Waals surface area contributed by atoms with Gasteiger partial charge in [0, 0.05) is 19.2 Å². The Labute approximate surface area is 416 Å². The molecular weight excluding hydrogens is 787 g/mol. The maximum atomic E-state index is 2.49. The molecule has 6 aliphatic rings. The minimum absolute atomic E-state index is 0. The van der Waals surface area contributed by atoms with E-state index in [4.69, 9.17) is 0 Å². The Balaban J connectivity index is -0.0000000935. The molecule has 1 saturated heterocycles. The maximum Gasteiger partial charge on any atom is 0.0442 e. The van der Waals surface area contributed by atoms with Crippen molar-refractivity contribution in [2.24, 2.45) is 27.1 Å². The third kappa shape index (κ3) is 39.9. The van der Waals surface area contributed by atoms with Crippen LogP contribution in [0.4, 0.5) is 0 Å². The van der Waals surface area contributed by atoms with E-state index in [0.29, 0.717) is 21.9 Å². The molecular formula is C62H141NSi. The van der Waals surface area contributed by atoms with E-state index in [-0.39, 0.29) is 44.6 Å². The fraction of sp³-hybridized carbons (Fsp3) is 0.968. The standard InChI is InChI=1S/C10H20.C9H19N.C9H16.C7H18Si.C6H10.C6H14.C5H10.C4H10.6CH4/c1-9(2)5-7-10(3,4)8-6-9;1-8(2)6-7-9(3,4)10(8)5;1-8-3-5-9(2,7-8)6-4-8;1-5-6-7-8(2,3)4;1-5-3-4-6(5)2;1-3-5-6-4-2;1-5(2)3-4-5;1-3-4-2;;;;;;/h5-8H2,1-4H3;6-7H2,1-5H3;3-7H2,1-2H3;5-7H2,1-4H3;3-4H2,1-2H3;3-6H2,1-2H3;3-4H2,1-2H3;3-4H2,1-2H3;6*1H4. The molecule has 0 aromatic rings. The van der Waals surface area contributed by atoms with Crippen LogP contribution in [-0.2, 0) is 0 Å².